The van der Waals surface area contributed by atoms with Gasteiger partial charge in [-0.2, -0.15) is 0 Å². The van der Waals surface area contributed by atoms with Crippen LogP contribution in [-0.4, -0.2) is 27.1 Å². The Morgan fingerprint density at radius 3 is 2.41 bits per heavy atom. The summed E-state index contributed by atoms with van der Waals surface area (Å²) < 4.78 is 5.36. The SMILES string of the molecule is CNC(=O)C(NC)c1c(C)cc(C)cc1OC. The van der Waals surface area contributed by atoms with Crippen molar-refractivity contribution in [1.82, 2.24) is 10.6 Å². The molecule has 1 rings (SSSR count). The van der Waals surface area contributed by atoms with Crippen LogP contribution in [0.4, 0.5) is 0 Å². The highest BCUT2D eigenvalue weighted by atomic mass is 16.5. The number of benzene rings is 1. The van der Waals surface area contributed by atoms with Crippen molar-refractivity contribution in [1.29, 1.82) is 0 Å². The smallest absolute Gasteiger partial charge is 0.241 e. The number of amides is 1. The van der Waals surface area contributed by atoms with Crippen LogP contribution < -0.4 is 15.4 Å². The van der Waals surface area contributed by atoms with Crippen LogP contribution in [0.3, 0.4) is 0 Å². The van der Waals surface area contributed by atoms with E-state index in [1.165, 1.54) is 0 Å². The molecule has 0 heterocycles. The van der Waals surface area contributed by atoms with Gasteiger partial charge in [-0.05, 0) is 38.1 Å². The summed E-state index contributed by atoms with van der Waals surface area (Å²) in [6, 6.07) is 3.59. The Hall–Kier alpha value is -1.55. The second kappa shape index (κ2) is 5.68. The number of hydrogen-bond donors (Lipinski definition) is 2. The molecule has 1 aromatic rings. The summed E-state index contributed by atoms with van der Waals surface area (Å²) in [5.41, 5.74) is 3.06. The Bertz CT molecular complexity index is 416. The first kappa shape index (κ1) is 13.5. The fourth-order valence-electron chi connectivity index (χ4n) is 2.03. The van der Waals surface area contributed by atoms with Crippen LogP contribution in [-0.2, 0) is 4.79 Å². The lowest BCUT2D eigenvalue weighted by atomic mass is 9.97. The Labute approximate surface area is 102 Å². The van der Waals surface area contributed by atoms with Gasteiger partial charge in [0.2, 0.25) is 5.91 Å². The van der Waals surface area contributed by atoms with Gasteiger partial charge in [0.15, 0.2) is 0 Å². The Balaban J connectivity index is 3.31. The molecule has 4 nitrogen and oxygen atoms in total. The Morgan fingerprint density at radius 1 is 1.29 bits per heavy atom. The molecule has 0 aromatic heterocycles. The second-order valence-corrected chi connectivity index (χ2v) is 4.03. The van der Waals surface area contributed by atoms with Crippen molar-refractivity contribution < 1.29 is 9.53 Å². The monoisotopic (exact) mass is 236 g/mol. The van der Waals surface area contributed by atoms with E-state index in [1.807, 2.05) is 26.0 Å². The zero-order valence-electron chi connectivity index (χ0n) is 11.0. The second-order valence-electron chi connectivity index (χ2n) is 4.03. The van der Waals surface area contributed by atoms with Gasteiger partial charge in [0.25, 0.3) is 0 Å². The molecule has 94 valence electrons. The van der Waals surface area contributed by atoms with Crippen LogP contribution >= 0.6 is 0 Å². The molecule has 0 bridgehead atoms. The Morgan fingerprint density at radius 2 is 1.94 bits per heavy atom. The topological polar surface area (TPSA) is 50.4 Å². The van der Waals surface area contributed by atoms with Gasteiger partial charge < -0.3 is 15.4 Å². The molecule has 17 heavy (non-hydrogen) atoms. The minimum absolute atomic E-state index is 0.0715. The highest BCUT2D eigenvalue weighted by molar-refractivity contribution is 5.84. The van der Waals surface area contributed by atoms with Gasteiger partial charge >= 0.3 is 0 Å². The van der Waals surface area contributed by atoms with Crippen LogP contribution in [0, 0.1) is 13.8 Å². The maximum Gasteiger partial charge on any atom is 0.241 e. The van der Waals surface area contributed by atoms with E-state index < -0.39 is 6.04 Å². The molecule has 0 saturated heterocycles. The standard InChI is InChI=1S/C13H20N2O2/c1-8-6-9(2)11(10(7-8)17-5)12(14-3)13(16)15-4/h6-7,12,14H,1-5H3,(H,15,16). The van der Waals surface area contributed by atoms with E-state index in [0.717, 1.165) is 22.4 Å². The summed E-state index contributed by atoms with van der Waals surface area (Å²) in [6.07, 6.45) is 0. The highest BCUT2D eigenvalue weighted by Crippen LogP contribution is 2.30. The van der Waals surface area contributed by atoms with Gasteiger partial charge in [-0.3, -0.25) is 4.79 Å². The van der Waals surface area contributed by atoms with E-state index in [-0.39, 0.29) is 5.91 Å². The van der Waals surface area contributed by atoms with Gasteiger partial charge in [0.1, 0.15) is 11.8 Å². The molecule has 1 amide bonds. The van der Waals surface area contributed by atoms with Gasteiger partial charge in [0.05, 0.1) is 7.11 Å². The van der Waals surface area contributed by atoms with Crippen molar-refractivity contribution in [2.75, 3.05) is 21.2 Å². The highest BCUT2D eigenvalue weighted by Gasteiger charge is 2.23. The lowest BCUT2D eigenvalue weighted by Crippen LogP contribution is -2.34. The van der Waals surface area contributed by atoms with E-state index >= 15 is 0 Å². The van der Waals surface area contributed by atoms with Crippen LogP contribution in [0.15, 0.2) is 12.1 Å². The first-order valence-corrected chi connectivity index (χ1v) is 5.59. The first-order chi connectivity index (χ1) is 8.04. The maximum atomic E-state index is 11.8. The fraction of sp³-hybridized carbons (Fsp3) is 0.462. The number of hydrogen-bond acceptors (Lipinski definition) is 3. The van der Waals surface area contributed by atoms with Crippen molar-refractivity contribution in [3.8, 4) is 5.75 Å². The summed E-state index contributed by atoms with van der Waals surface area (Å²) in [5, 5.41) is 5.66. The predicted octanol–water partition coefficient (Wildman–Crippen LogP) is 1.32. The lowest BCUT2D eigenvalue weighted by molar-refractivity contribution is -0.122. The van der Waals surface area contributed by atoms with E-state index in [2.05, 4.69) is 10.6 Å². The average Bonchev–Trinajstić information content (AvgIpc) is 2.31. The molecule has 0 radical (unpaired) electrons. The third-order valence-corrected chi connectivity index (χ3v) is 2.80. The molecule has 0 aliphatic rings. The molecular weight excluding hydrogens is 216 g/mol. The maximum absolute atomic E-state index is 11.8. The van der Waals surface area contributed by atoms with Gasteiger partial charge in [0, 0.05) is 12.6 Å². The molecular formula is C13H20N2O2. The number of likely N-dealkylation sites (N-methyl/N-ethyl adjacent to an activating group) is 2. The molecule has 0 fully saturated rings. The largest absolute Gasteiger partial charge is 0.496 e. The zero-order valence-corrected chi connectivity index (χ0v) is 11.0. The number of ether oxygens (including phenoxy) is 1. The third-order valence-electron chi connectivity index (χ3n) is 2.80. The lowest BCUT2D eigenvalue weighted by Gasteiger charge is -2.20. The molecule has 0 aliphatic heterocycles. The van der Waals surface area contributed by atoms with Gasteiger partial charge in [-0.15, -0.1) is 0 Å². The third kappa shape index (κ3) is 2.77. The van der Waals surface area contributed by atoms with Crippen LogP contribution in [0.2, 0.25) is 0 Å². The minimum atomic E-state index is -0.393. The fourth-order valence-corrected chi connectivity index (χ4v) is 2.03. The van der Waals surface area contributed by atoms with Crippen molar-refractivity contribution >= 4 is 5.91 Å². The van der Waals surface area contributed by atoms with Gasteiger partial charge in [-0.25, -0.2) is 0 Å². The summed E-state index contributed by atoms with van der Waals surface area (Å²) >= 11 is 0. The number of nitrogens with one attached hydrogen (secondary N) is 2. The quantitative estimate of drug-likeness (QED) is 0.829. The Kier molecular flexibility index (Phi) is 4.52. The van der Waals surface area contributed by atoms with Crippen molar-refractivity contribution in [2.24, 2.45) is 0 Å². The normalized spacial score (nSPS) is 12.1. The minimum Gasteiger partial charge on any atom is -0.496 e. The molecule has 2 N–H and O–H groups in total. The number of carbonyl (C=O) groups is 1. The number of carbonyl (C=O) groups excluding carboxylic acids is 1. The molecule has 1 unspecified atom stereocenters. The first-order valence-electron chi connectivity index (χ1n) is 5.59. The summed E-state index contributed by atoms with van der Waals surface area (Å²) in [6.45, 7) is 3.99. The molecule has 0 saturated carbocycles. The van der Waals surface area contributed by atoms with Crippen LogP contribution in [0.25, 0.3) is 0 Å². The van der Waals surface area contributed by atoms with Crippen LogP contribution in [0.1, 0.15) is 22.7 Å². The average molecular weight is 236 g/mol. The summed E-state index contributed by atoms with van der Waals surface area (Å²) in [5.74, 6) is 0.670. The summed E-state index contributed by atoms with van der Waals surface area (Å²) in [7, 11) is 5.01. The molecule has 0 spiro atoms. The van der Waals surface area contributed by atoms with E-state index in [9.17, 15) is 4.79 Å². The molecule has 4 heteroatoms. The van der Waals surface area contributed by atoms with Gasteiger partial charge in [-0.1, -0.05) is 6.07 Å². The van der Waals surface area contributed by atoms with Crippen molar-refractivity contribution in [3.63, 3.8) is 0 Å². The molecule has 1 aromatic carbocycles. The predicted molar refractivity (Wildman–Crippen MR) is 68.3 cm³/mol. The van der Waals surface area contributed by atoms with Crippen molar-refractivity contribution in [3.05, 3.63) is 28.8 Å². The van der Waals surface area contributed by atoms with Crippen LogP contribution in [0.5, 0.6) is 5.75 Å². The van der Waals surface area contributed by atoms with E-state index in [4.69, 9.17) is 4.74 Å². The van der Waals surface area contributed by atoms with E-state index in [1.54, 1.807) is 21.2 Å². The number of methoxy groups -OCH3 is 1. The zero-order chi connectivity index (χ0) is 13.0. The van der Waals surface area contributed by atoms with Crippen molar-refractivity contribution in [2.45, 2.75) is 19.9 Å². The number of rotatable bonds is 4. The van der Waals surface area contributed by atoms with E-state index in [0.29, 0.717) is 0 Å². The number of aryl methyl sites for hydroxylation is 2. The molecule has 0 aliphatic carbocycles. The molecule has 1 atom stereocenters. The summed E-state index contributed by atoms with van der Waals surface area (Å²) in [4.78, 5) is 11.8.